The van der Waals surface area contributed by atoms with Crippen LogP contribution in [0.15, 0.2) is 23.8 Å². The van der Waals surface area contributed by atoms with Gasteiger partial charge in [-0.2, -0.15) is 0 Å². The smallest absolute Gasteiger partial charge is 0.0348 e. The Morgan fingerprint density at radius 1 is 1.33 bits per heavy atom. The molecule has 0 nitrogen and oxygen atoms in total. The van der Waals surface area contributed by atoms with Crippen molar-refractivity contribution in [2.45, 2.75) is 46.0 Å². The zero-order valence-corrected chi connectivity index (χ0v) is 8.47. The molecule has 0 heteroatoms. The molecule has 0 heterocycles. The van der Waals surface area contributed by atoms with Gasteiger partial charge in [0.2, 0.25) is 0 Å². The average Bonchev–Trinajstić information content (AvgIpc) is 2.09. The Labute approximate surface area is 77.4 Å². The number of hydrogen-bond donors (Lipinski definition) is 0. The maximum atomic E-state index is 3.80. The minimum atomic E-state index is 1.04. The van der Waals surface area contributed by atoms with Crippen molar-refractivity contribution in [2.24, 2.45) is 0 Å². The van der Waals surface area contributed by atoms with Crippen LogP contribution in [0.2, 0.25) is 0 Å². The van der Waals surface area contributed by atoms with Crippen LogP contribution >= 0.6 is 0 Å². The van der Waals surface area contributed by atoms with Crippen LogP contribution < -0.4 is 0 Å². The third kappa shape index (κ3) is 7.59. The van der Waals surface area contributed by atoms with Crippen molar-refractivity contribution in [3.63, 3.8) is 0 Å². The SMILES string of the molecule is [CH2]CCCC=CC(C)=CCCC. The van der Waals surface area contributed by atoms with Gasteiger partial charge in [0.1, 0.15) is 0 Å². The lowest BCUT2D eigenvalue weighted by molar-refractivity contribution is 0.865. The normalized spacial score (nSPS) is 12.8. The first-order valence-electron chi connectivity index (χ1n) is 4.93. The number of rotatable bonds is 6. The molecule has 0 aromatic rings. The van der Waals surface area contributed by atoms with Crippen molar-refractivity contribution < 1.29 is 0 Å². The molecular weight excluding hydrogens is 144 g/mol. The van der Waals surface area contributed by atoms with Gasteiger partial charge in [-0.3, -0.25) is 0 Å². The molecule has 0 rings (SSSR count). The maximum absolute atomic E-state index is 3.80. The standard InChI is InChI=1S/C12H21/c1-4-6-8-9-11-12(3)10-7-5-2/h9-11H,1,4-8H2,2-3H3. The quantitative estimate of drug-likeness (QED) is 0.407. The van der Waals surface area contributed by atoms with Gasteiger partial charge in [0.05, 0.1) is 0 Å². The fraction of sp³-hybridized carbons (Fsp3) is 0.583. The molecule has 0 spiro atoms. The lowest BCUT2D eigenvalue weighted by Gasteiger charge is -1.92. The van der Waals surface area contributed by atoms with E-state index in [1.165, 1.54) is 31.3 Å². The van der Waals surface area contributed by atoms with Gasteiger partial charge in [0.25, 0.3) is 0 Å². The summed E-state index contributed by atoms with van der Waals surface area (Å²) in [6.45, 7) is 8.17. The van der Waals surface area contributed by atoms with E-state index in [0.29, 0.717) is 0 Å². The van der Waals surface area contributed by atoms with Crippen LogP contribution in [0.5, 0.6) is 0 Å². The van der Waals surface area contributed by atoms with E-state index in [-0.39, 0.29) is 0 Å². The van der Waals surface area contributed by atoms with Crippen molar-refractivity contribution in [1.29, 1.82) is 0 Å². The average molecular weight is 165 g/mol. The first kappa shape index (κ1) is 11.5. The summed E-state index contributed by atoms with van der Waals surface area (Å²) in [5.74, 6) is 0. The van der Waals surface area contributed by atoms with Crippen molar-refractivity contribution >= 4 is 0 Å². The van der Waals surface area contributed by atoms with Crippen molar-refractivity contribution in [3.8, 4) is 0 Å². The van der Waals surface area contributed by atoms with Crippen LogP contribution in [-0.4, -0.2) is 0 Å². The molecule has 0 amide bonds. The number of hydrogen-bond acceptors (Lipinski definition) is 0. The molecule has 0 aliphatic heterocycles. The van der Waals surface area contributed by atoms with E-state index in [9.17, 15) is 0 Å². The predicted octanol–water partition coefficient (Wildman–Crippen LogP) is 4.29. The third-order valence-corrected chi connectivity index (χ3v) is 1.76. The monoisotopic (exact) mass is 165 g/mol. The second kappa shape index (κ2) is 8.58. The minimum absolute atomic E-state index is 1.04. The van der Waals surface area contributed by atoms with E-state index in [4.69, 9.17) is 0 Å². The molecule has 69 valence electrons. The van der Waals surface area contributed by atoms with Gasteiger partial charge in [0, 0.05) is 0 Å². The van der Waals surface area contributed by atoms with Crippen LogP contribution in [0.3, 0.4) is 0 Å². The summed E-state index contributed by atoms with van der Waals surface area (Å²) >= 11 is 0. The molecule has 0 saturated carbocycles. The van der Waals surface area contributed by atoms with Crippen LogP contribution in [-0.2, 0) is 0 Å². The second-order valence-electron chi connectivity index (χ2n) is 3.13. The van der Waals surface area contributed by atoms with E-state index in [2.05, 4.69) is 39.0 Å². The van der Waals surface area contributed by atoms with E-state index in [1.54, 1.807) is 0 Å². The molecule has 0 atom stereocenters. The number of unbranched alkanes of at least 4 members (excludes halogenated alkanes) is 3. The van der Waals surface area contributed by atoms with Crippen LogP contribution in [0.25, 0.3) is 0 Å². The molecule has 0 N–H and O–H groups in total. The largest absolute Gasteiger partial charge is 0.0843 e. The highest BCUT2D eigenvalue weighted by Gasteiger charge is 1.81. The Morgan fingerprint density at radius 3 is 2.67 bits per heavy atom. The molecular formula is C12H21. The summed E-state index contributed by atoms with van der Waals surface area (Å²) in [6, 6.07) is 0. The van der Waals surface area contributed by atoms with Crippen molar-refractivity contribution in [3.05, 3.63) is 30.7 Å². The van der Waals surface area contributed by atoms with Gasteiger partial charge in [0.15, 0.2) is 0 Å². The zero-order valence-electron chi connectivity index (χ0n) is 8.47. The molecule has 0 bridgehead atoms. The third-order valence-electron chi connectivity index (χ3n) is 1.76. The first-order valence-corrected chi connectivity index (χ1v) is 4.93. The summed E-state index contributed by atoms with van der Waals surface area (Å²) < 4.78 is 0. The number of allylic oxidation sites excluding steroid dienone is 4. The summed E-state index contributed by atoms with van der Waals surface area (Å²) in [5, 5.41) is 0. The van der Waals surface area contributed by atoms with Gasteiger partial charge in [-0.1, -0.05) is 50.5 Å². The fourth-order valence-electron chi connectivity index (χ4n) is 0.971. The highest BCUT2D eigenvalue weighted by Crippen LogP contribution is 2.02. The van der Waals surface area contributed by atoms with Gasteiger partial charge >= 0.3 is 0 Å². The molecule has 0 saturated heterocycles. The zero-order chi connectivity index (χ0) is 9.23. The Bertz CT molecular complexity index is 140. The van der Waals surface area contributed by atoms with Crippen LogP contribution in [0.1, 0.15) is 46.0 Å². The molecule has 1 radical (unpaired) electrons. The maximum Gasteiger partial charge on any atom is -0.0348 e. The summed E-state index contributed by atoms with van der Waals surface area (Å²) in [6.07, 6.45) is 12.6. The van der Waals surface area contributed by atoms with Gasteiger partial charge < -0.3 is 0 Å². The summed E-state index contributed by atoms with van der Waals surface area (Å²) in [4.78, 5) is 0. The van der Waals surface area contributed by atoms with Crippen molar-refractivity contribution in [1.82, 2.24) is 0 Å². The first-order chi connectivity index (χ1) is 5.81. The van der Waals surface area contributed by atoms with E-state index in [0.717, 1.165) is 6.42 Å². The Kier molecular flexibility index (Phi) is 8.20. The highest BCUT2D eigenvalue weighted by atomic mass is 13.9. The molecule has 0 aliphatic rings. The van der Waals surface area contributed by atoms with Gasteiger partial charge in [-0.05, 0) is 26.2 Å². The Hall–Kier alpha value is -0.520. The summed E-state index contributed by atoms with van der Waals surface area (Å²) in [7, 11) is 0. The Morgan fingerprint density at radius 2 is 2.08 bits per heavy atom. The lowest BCUT2D eigenvalue weighted by atomic mass is 10.2. The topological polar surface area (TPSA) is 0 Å². The van der Waals surface area contributed by atoms with Crippen LogP contribution in [0.4, 0.5) is 0 Å². The summed E-state index contributed by atoms with van der Waals surface area (Å²) in [5.41, 5.74) is 1.39. The molecule has 0 fully saturated rings. The second-order valence-corrected chi connectivity index (χ2v) is 3.13. The minimum Gasteiger partial charge on any atom is -0.0843 e. The predicted molar refractivity (Wildman–Crippen MR) is 57.0 cm³/mol. The molecule has 0 aliphatic carbocycles. The molecule has 0 unspecified atom stereocenters. The van der Waals surface area contributed by atoms with Crippen LogP contribution in [0, 0.1) is 6.92 Å². The van der Waals surface area contributed by atoms with Gasteiger partial charge in [-0.15, -0.1) is 0 Å². The fourth-order valence-corrected chi connectivity index (χ4v) is 0.971. The van der Waals surface area contributed by atoms with E-state index in [1.807, 2.05) is 0 Å². The van der Waals surface area contributed by atoms with E-state index < -0.39 is 0 Å². The molecule has 12 heavy (non-hydrogen) atoms. The Balaban J connectivity index is 3.52. The lowest BCUT2D eigenvalue weighted by Crippen LogP contribution is -1.71. The molecule has 0 aromatic carbocycles. The molecule has 0 aromatic heterocycles. The van der Waals surface area contributed by atoms with E-state index >= 15 is 0 Å². The highest BCUT2D eigenvalue weighted by molar-refractivity contribution is 5.15. The van der Waals surface area contributed by atoms with Gasteiger partial charge in [-0.25, -0.2) is 0 Å². The van der Waals surface area contributed by atoms with Crippen molar-refractivity contribution in [2.75, 3.05) is 0 Å².